The van der Waals surface area contributed by atoms with Crippen molar-refractivity contribution >= 4 is 29.1 Å². The maximum Gasteiger partial charge on any atom is 0.313 e. The van der Waals surface area contributed by atoms with Crippen LogP contribution in [0.2, 0.25) is 5.02 Å². The lowest BCUT2D eigenvalue weighted by molar-refractivity contribution is -0.136. The number of carbonyl (C=O) groups excluding carboxylic acids is 2. The summed E-state index contributed by atoms with van der Waals surface area (Å²) in [4.78, 5) is 23.5. The maximum atomic E-state index is 12.9. The van der Waals surface area contributed by atoms with Gasteiger partial charge in [-0.2, -0.15) is 0 Å². The number of carbonyl (C=O) groups is 2. The lowest BCUT2D eigenvalue weighted by Gasteiger charge is -2.24. The minimum atomic E-state index is -1.09. The molecule has 23 heavy (non-hydrogen) atoms. The molecule has 0 bridgehead atoms. The summed E-state index contributed by atoms with van der Waals surface area (Å²) in [6.07, 6.45) is 1.32. The van der Waals surface area contributed by atoms with Gasteiger partial charge in [0.1, 0.15) is 5.82 Å². The van der Waals surface area contributed by atoms with Gasteiger partial charge in [-0.3, -0.25) is 9.59 Å². The van der Waals surface area contributed by atoms with Gasteiger partial charge in [0.15, 0.2) is 0 Å². The topological polar surface area (TPSA) is 78.4 Å². The minimum absolute atomic E-state index is 0.00456. The van der Waals surface area contributed by atoms with Crippen molar-refractivity contribution in [2.45, 2.75) is 39.2 Å². The second-order valence-electron chi connectivity index (χ2n) is 6.19. The summed E-state index contributed by atoms with van der Waals surface area (Å²) >= 11 is 5.77. The lowest BCUT2D eigenvalue weighted by atomic mass is 9.95. The standard InChI is InChI=1S/C16H22ClFN2O3/c1-10(2)6-7-16(3,23)9-19-14(21)15(22)20-13-5-4-11(18)8-12(13)17/h4-5,8,10,23H,6-7,9H2,1-3H3,(H,19,21)(H,20,22). The van der Waals surface area contributed by atoms with Gasteiger partial charge in [-0.1, -0.05) is 25.4 Å². The molecule has 1 aromatic rings. The van der Waals surface area contributed by atoms with Gasteiger partial charge >= 0.3 is 11.8 Å². The lowest BCUT2D eigenvalue weighted by Crippen LogP contribution is -2.44. The molecule has 0 radical (unpaired) electrons. The van der Waals surface area contributed by atoms with Crippen molar-refractivity contribution in [3.63, 3.8) is 0 Å². The number of anilines is 1. The molecular formula is C16H22ClFN2O3. The fraction of sp³-hybridized carbons (Fsp3) is 0.500. The average molecular weight is 345 g/mol. The summed E-state index contributed by atoms with van der Waals surface area (Å²) in [6.45, 7) is 5.64. The quantitative estimate of drug-likeness (QED) is 0.694. The van der Waals surface area contributed by atoms with Crippen LogP contribution >= 0.6 is 11.6 Å². The van der Waals surface area contributed by atoms with Gasteiger partial charge in [0.25, 0.3) is 0 Å². The van der Waals surface area contributed by atoms with Crippen LogP contribution in [0.25, 0.3) is 0 Å². The molecule has 1 unspecified atom stereocenters. The van der Waals surface area contributed by atoms with E-state index in [1.165, 1.54) is 6.07 Å². The smallest absolute Gasteiger partial charge is 0.313 e. The molecule has 0 aliphatic heterocycles. The van der Waals surface area contributed by atoms with Gasteiger partial charge in [0, 0.05) is 6.54 Å². The van der Waals surface area contributed by atoms with Gasteiger partial charge in [0.2, 0.25) is 0 Å². The summed E-state index contributed by atoms with van der Waals surface area (Å²) < 4.78 is 12.9. The van der Waals surface area contributed by atoms with Crippen LogP contribution in [0.4, 0.5) is 10.1 Å². The van der Waals surface area contributed by atoms with Gasteiger partial charge in [-0.15, -0.1) is 0 Å². The SMILES string of the molecule is CC(C)CCC(C)(O)CNC(=O)C(=O)Nc1ccc(F)cc1Cl. The van der Waals surface area contributed by atoms with E-state index >= 15 is 0 Å². The summed E-state index contributed by atoms with van der Waals surface area (Å²) in [5, 5.41) is 14.8. The van der Waals surface area contributed by atoms with E-state index < -0.39 is 23.2 Å². The van der Waals surface area contributed by atoms with Crippen LogP contribution in [-0.2, 0) is 9.59 Å². The molecule has 7 heteroatoms. The maximum absolute atomic E-state index is 12.9. The van der Waals surface area contributed by atoms with Crippen molar-refractivity contribution in [1.82, 2.24) is 5.32 Å². The Balaban J connectivity index is 2.52. The van der Waals surface area contributed by atoms with Gasteiger partial charge < -0.3 is 15.7 Å². The van der Waals surface area contributed by atoms with Crippen molar-refractivity contribution in [3.05, 3.63) is 29.0 Å². The van der Waals surface area contributed by atoms with E-state index in [1.54, 1.807) is 6.92 Å². The summed E-state index contributed by atoms with van der Waals surface area (Å²) in [7, 11) is 0. The van der Waals surface area contributed by atoms with E-state index in [1.807, 2.05) is 13.8 Å². The second-order valence-corrected chi connectivity index (χ2v) is 6.60. The fourth-order valence-corrected chi connectivity index (χ4v) is 2.02. The first-order valence-corrected chi connectivity index (χ1v) is 7.75. The molecular weight excluding hydrogens is 323 g/mol. The summed E-state index contributed by atoms with van der Waals surface area (Å²) in [5.74, 6) is -1.94. The largest absolute Gasteiger partial charge is 0.388 e. The van der Waals surface area contributed by atoms with Crippen molar-refractivity contribution < 1.29 is 19.1 Å². The first-order valence-electron chi connectivity index (χ1n) is 7.37. The average Bonchev–Trinajstić information content (AvgIpc) is 2.45. The van der Waals surface area contributed by atoms with Crippen LogP contribution in [0, 0.1) is 11.7 Å². The number of benzene rings is 1. The fourth-order valence-electron chi connectivity index (χ4n) is 1.81. The van der Waals surface area contributed by atoms with Crippen LogP contribution < -0.4 is 10.6 Å². The summed E-state index contributed by atoms with van der Waals surface area (Å²) in [6, 6.07) is 3.42. The molecule has 2 amide bonds. The van der Waals surface area contributed by atoms with E-state index in [2.05, 4.69) is 10.6 Å². The third-order valence-electron chi connectivity index (χ3n) is 3.28. The Bertz CT molecular complexity index is 576. The number of halogens is 2. The van der Waals surface area contributed by atoms with Crippen LogP contribution in [0.1, 0.15) is 33.6 Å². The van der Waals surface area contributed by atoms with E-state index in [4.69, 9.17) is 11.6 Å². The Morgan fingerprint density at radius 3 is 2.57 bits per heavy atom. The molecule has 0 heterocycles. The van der Waals surface area contributed by atoms with E-state index in [9.17, 15) is 19.1 Å². The number of aliphatic hydroxyl groups is 1. The van der Waals surface area contributed by atoms with E-state index in [0.29, 0.717) is 12.3 Å². The van der Waals surface area contributed by atoms with Crippen molar-refractivity contribution in [2.75, 3.05) is 11.9 Å². The molecule has 0 aliphatic rings. The van der Waals surface area contributed by atoms with Crippen molar-refractivity contribution in [2.24, 2.45) is 5.92 Å². The first-order chi connectivity index (χ1) is 10.6. The van der Waals surface area contributed by atoms with Crippen molar-refractivity contribution in [1.29, 1.82) is 0 Å². The highest BCUT2D eigenvalue weighted by molar-refractivity contribution is 6.41. The highest BCUT2D eigenvalue weighted by atomic mass is 35.5. The normalized spacial score (nSPS) is 13.5. The number of rotatable bonds is 6. The molecule has 1 rings (SSSR count). The van der Waals surface area contributed by atoms with Gasteiger partial charge in [-0.05, 0) is 43.9 Å². The van der Waals surface area contributed by atoms with Crippen LogP contribution in [0.15, 0.2) is 18.2 Å². The number of hydrogen-bond donors (Lipinski definition) is 3. The van der Waals surface area contributed by atoms with Gasteiger partial charge in [0.05, 0.1) is 16.3 Å². The Morgan fingerprint density at radius 2 is 2.00 bits per heavy atom. The Labute approximate surface area is 140 Å². The number of amides is 2. The third kappa shape index (κ3) is 6.97. The Hall–Kier alpha value is -1.66. The van der Waals surface area contributed by atoms with Crippen LogP contribution in [0.3, 0.4) is 0 Å². The number of hydrogen-bond acceptors (Lipinski definition) is 3. The highest BCUT2D eigenvalue weighted by Crippen LogP contribution is 2.22. The predicted octanol–water partition coefficient (Wildman–Crippen LogP) is 2.72. The molecule has 1 aromatic carbocycles. The zero-order valence-corrected chi connectivity index (χ0v) is 14.2. The molecule has 0 spiro atoms. The van der Waals surface area contributed by atoms with E-state index in [-0.39, 0.29) is 17.3 Å². The second kappa shape index (κ2) is 8.26. The van der Waals surface area contributed by atoms with Crippen LogP contribution in [-0.4, -0.2) is 29.1 Å². The molecule has 0 saturated carbocycles. The Morgan fingerprint density at radius 1 is 1.35 bits per heavy atom. The molecule has 0 aliphatic carbocycles. The van der Waals surface area contributed by atoms with Crippen LogP contribution in [0.5, 0.6) is 0 Å². The molecule has 128 valence electrons. The predicted molar refractivity (Wildman–Crippen MR) is 87.7 cm³/mol. The van der Waals surface area contributed by atoms with E-state index in [0.717, 1.165) is 18.6 Å². The summed E-state index contributed by atoms with van der Waals surface area (Å²) in [5.41, 5.74) is -0.951. The molecule has 0 saturated heterocycles. The first kappa shape index (κ1) is 19.4. The van der Waals surface area contributed by atoms with Crippen molar-refractivity contribution in [3.8, 4) is 0 Å². The number of nitrogens with one attached hydrogen (secondary N) is 2. The molecule has 0 aromatic heterocycles. The molecule has 5 nitrogen and oxygen atoms in total. The Kier molecular flexibility index (Phi) is 6.97. The molecule has 3 N–H and O–H groups in total. The van der Waals surface area contributed by atoms with Gasteiger partial charge in [-0.25, -0.2) is 4.39 Å². The zero-order valence-electron chi connectivity index (χ0n) is 13.5. The highest BCUT2D eigenvalue weighted by Gasteiger charge is 2.23. The molecule has 1 atom stereocenters. The monoisotopic (exact) mass is 344 g/mol. The molecule has 0 fully saturated rings. The third-order valence-corrected chi connectivity index (χ3v) is 3.59. The zero-order chi connectivity index (χ0) is 17.6. The minimum Gasteiger partial charge on any atom is -0.388 e.